The quantitative estimate of drug-likeness (QED) is 0.141. The summed E-state index contributed by atoms with van der Waals surface area (Å²) in [6.45, 7) is 0. The van der Waals surface area contributed by atoms with Gasteiger partial charge in [0.05, 0.1) is 0 Å². The van der Waals surface area contributed by atoms with Gasteiger partial charge in [-0.25, -0.2) is 0 Å². The maximum absolute atomic E-state index is 6.75. The lowest BCUT2D eigenvalue weighted by Gasteiger charge is -2.43. The third kappa shape index (κ3) is 6.41. The van der Waals surface area contributed by atoms with Crippen LogP contribution in [0.15, 0.2) is 290 Å². The van der Waals surface area contributed by atoms with Crippen LogP contribution in [0.3, 0.4) is 0 Å². The van der Waals surface area contributed by atoms with Crippen LogP contribution in [0.5, 0.6) is 11.5 Å². The van der Waals surface area contributed by atoms with E-state index in [4.69, 9.17) is 4.74 Å². The smallest absolute Gasteiger partial charge is 0.190 e. The molecule has 2 nitrogen and oxygen atoms in total. The molecule has 0 fully saturated rings. The monoisotopic (exact) mass is 885 g/mol. The number of rotatable bonds is 8. The second-order valence-corrected chi connectivity index (χ2v) is 24.3. The molecule has 0 amide bonds. The van der Waals surface area contributed by atoms with E-state index < -0.39 is 18.1 Å². The summed E-state index contributed by atoms with van der Waals surface area (Å²) >= 11 is 1.89. The highest BCUT2D eigenvalue weighted by molar-refractivity contribution is 8.34. The van der Waals surface area contributed by atoms with Crippen molar-refractivity contribution in [2.75, 3.05) is 4.90 Å². The third-order valence-electron chi connectivity index (χ3n) is 12.9. The van der Waals surface area contributed by atoms with Gasteiger partial charge in [-0.05, 0) is 141 Å². The van der Waals surface area contributed by atoms with Crippen molar-refractivity contribution in [1.82, 2.24) is 0 Å². The zero-order valence-electron chi connectivity index (χ0n) is 35.5. The van der Waals surface area contributed by atoms with E-state index >= 15 is 0 Å². The molecule has 0 aromatic heterocycles. The summed E-state index contributed by atoms with van der Waals surface area (Å²) in [5.74, 6) is 1.89. The zero-order chi connectivity index (χ0) is 43.2. The number of hydrogen-bond donors (Lipinski definition) is 0. The van der Waals surface area contributed by atoms with Gasteiger partial charge in [0.25, 0.3) is 0 Å². The summed E-state index contributed by atoms with van der Waals surface area (Å²) in [5.41, 5.74) is 5.69. The number of para-hydroxylation sites is 2. The van der Waals surface area contributed by atoms with Gasteiger partial charge in [-0.3, -0.25) is 0 Å². The van der Waals surface area contributed by atoms with E-state index in [2.05, 4.69) is 266 Å². The lowest BCUT2D eigenvalue weighted by molar-refractivity contribution is 0.487. The Labute approximate surface area is 387 Å². The van der Waals surface area contributed by atoms with E-state index in [-0.39, 0.29) is 0 Å². The molecule has 310 valence electrons. The fourth-order valence-corrected chi connectivity index (χ4v) is 21.1. The van der Waals surface area contributed by atoms with E-state index in [1.54, 1.807) is 0 Å². The van der Waals surface area contributed by atoms with Crippen molar-refractivity contribution in [3.63, 3.8) is 0 Å². The molecule has 5 heteroatoms. The highest BCUT2D eigenvalue weighted by atomic mass is 32.3. The zero-order valence-corrected chi connectivity index (χ0v) is 38.1. The second-order valence-electron chi connectivity index (χ2n) is 16.4. The number of anilines is 3. The van der Waals surface area contributed by atoms with Gasteiger partial charge in [0, 0.05) is 46.4 Å². The van der Waals surface area contributed by atoms with Crippen LogP contribution in [0, 0.1) is 0 Å². The molecule has 0 unspecified atom stereocenters. The Hall–Kier alpha value is -7.28. The topological polar surface area (TPSA) is 12.5 Å². The average molecular weight is 886 g/mol. The molecule has 65 heavy (non-hydrogen) atoms. The number of nitrogens with zero attached hydrogens (tertiary/aromatic N) is 1. The van der Waals surface area contributed by atoms with Crippen LogP contribution in [0.1, 0.15) is 0 Å². The maximum Gasteiger partial charge on any atom is 0.190 e. The van der Waals surface area contributed by atoms with Crippen LogP contribution in [-0.2, 0) is 0 Å². The lowest BCUT2D eigenvalue weighted by Crippen LogP contribution is -2.77. The number of benzene rings is 10. The number of hydrogen-bond acceptors (Lipinski definition) is 3. The Morgan fingerprint density at radius 1 is 0.323 bits per heavy atom. The summed E-state index contributed by atoms with van der Waals surface area (Å²) in [6.07, 6.45) is 0. The highest BCUT2D eigenvalue weighted by Crippen LogP contribution is 2.73. The lowest BCUT2D eigenvalue weighted by atomic mass is 10.0. The molecule has 10 aromatic carbocycles. The molecule has 2 heterocycles. The largest absolute Gasteiger partial charge is 0.458 e. The Bertz CT molecular complexity index is 3110. The van der Waals surface area contributed by atoms with Crippen molar-refractivity contribution in [2.24, 2.45) is 0 Å². The van der Waals surface area contributed by atoms with Crippen molar-refractivity contribution < 1.29 is 4.74 Å². The van der Waals surface area contributed by atoms with Crippen molar-refractivity contribution in [2.45, 2.75) is 29.4 Å². The van der Waals surface area contributed by atoms with E-state index in [0.717, 1.165) is 28.6 Å². The minimum absolute atomic E-state index is 0.945. The van der Waals surface area contributed by atoms with Crippen molar-refractivity contribution in [3.05, 3.63) is 261 Å². The van der Waals surface area contributed by atoms with Gasteiger partial charge in [0.15, 0.2) is 8.07 Å². The molecular formula is C60H43NOS2Si. The summed E-state index contributed by atoms with van der Waals surface area (Å²) in [5, 5.41) is 5.36. The predicted octanol–water partition coefficient (Wildman–Crippen LogP) is 14.1. The standard InChI is InChI=1S/C60H43NOS2Si/c1-5-19-44(20-6-1)45-33-35-46(36-34-45)61(47-37-40-52(41-38-47)64(49-21-7-2-8-22-49,50-23-9-3-10-24-50)51-25-11-4-12-26-51)48-39-42-56-60(43-48)65(59-32-18-15-29-55(59)63-56)57-30-16-13-27-53(57)62-54-28-14-17-31-58(54)65/h1-43H. The second kappa shape index (κ2) is 16.4. The Morgan fingerprint density at radius 3 is 1.28 bits per heavy atom. The highest BCUT2D eigenvalue weighted by Gasteiger charge is 2.52. The van der Waals surface area contributed by atoms with Crippen molar-refractivity contribution in [1.29, 1.82) is 0 Å². The Morgan fingerprint density at radius 2 is 0.723 bits per heavy atom. The molecule has 12 rings (SSSR count). The first-order valence-electron chi connectivity index (χ1n) is 22.1. The average Bonchev–Trinajstić information content (AvgIpc) is 3.38. The summed E-state index contributed by atoms with van der Waals surface area (Å²) in [7, 11) is -4.76. The number of ether oxygens (including phenoxy) is 1. The SMILES string of the molecule is c1ccc(-c2ccc(N(c3ccc(S(c4ccccc4)(c4ccccc4)c4ccccc4)cc3)c3ccc4c(c3)[Si]3(c5ccccc5Oc5ccccc53)c3ccccc3S4)cc2)cc1. The van der Waals surface area contributed by atoms with Gasteiger partial charge in [0.2, 0.25) is 0 Å². The Kier molecular flexibility index (Phi) is 9.90. The van der Waals surface area contributed by atoms with E-state index in [9.17, 15) is 0 Å². The van der Waals surface area contributed by atoms with Crippen LogP contribution >= 0.6 is 21.8 Å². The first kappa shape index (κ1) is 39.3. The van der Waals surface area contributed by atoms with Gasteiger partial charge in [-0.1, -0.05) is 163 Å². The van der Waals surface area contributed by atoms with E-state index in [1.807, 2.05) is 11.8 Å². The van der Waals surface area contributed by atoms with E-state index in [0.29, 0.717) is 0 Å². The van der Waals surface area contributed by atoms with Crippen LogP contribution in [-0.4, -0.2) is 8.07 Å². The summed E-state index contributed by atoms with van der Waals surface area (Å²) in [4.78, 5) is 10.3. The molecule has 0 N–H and O–H groups in total. The first-order valence-corrected chi connectivity index (χ1v) is 26.5. The Balaban J connectivity index is 1.08. The maximum atomic E-state index is 6.75. The molecule has 2 aliphatic heterocycles. The fraction of sp³-hybridized carbons (Fsp3) is 0. The minimum atomic E-state index is -2.90. The van der Waals surface area contributed by atoms with Crippen LogP contribution in [0.4, 0.5) is 17.1 Å². The molecule has 10 aromatic rings. The van der Waals surface area contributed by atoms with Crippen LogP contribution in [0.25, 0.3) is 11.1 Å². The molecule has 0 radical (unpaired) electrons. The van der Waals surface area contributed by atoms with Crippen molar-refractivity contribution in [3.8, 4) is 22.6 Å². The molecule has 1 spiro atoms. The minimum Gasteiger partial charge on any atom is -0.458 e. The van der Waals surface area contributed by atoms with Crippen LogP contribution < -0.4 is 30.4 Å². The summed E-state index contributed by atoms with van der Waals surface area (Å²) < 4.78 is 6.75. The third-order valence-corrected chi connectivity index (χ3v) is 23.2. The molecule has 0 saturated carbocycles. The fourth-order valence-electron chi connectivity index (χ4n) is 10.1. The first-order chi connectivity index (χ1) is 32.2. The van der Waals surface area contributed by atoms with Gasteiger partial charge in [0.1, 0.15) is 11.5 Å². The molecule has 0 bridgehead atoms. The molecular weight excluding hydrogens is 843 g/mol. The molecule has 0 aliphatic carbocycles. The number of fused-ring (bicyclic) bond motifs is 8. The van der Waals surface area contributed by atoms with Crippen molar-refractivity contribution >= 4 is 67.7 Å². The summed E-state index contributed by atoms with van der Waals surface area (Å²) in [6, 6.07) is 96.2. The molecule has 0 saturated heterocycles. The van der Waals surface area contributed by atoms with E-state index in [1.165, 1.54) is 61.2 Å². The van der Waals surface area contributed by atoms with Gasteiger partial charge in [-0.2, -0.15) is 0 Å². The molecule has 0 atom stereocenters. The normalized spacial score (nSPS) is 13.4. The van der Waals surface area contributed by atoms with Gasteiger partial charge in [-0.15, -0.1) is 10.0 Å². The van der Waals surface area contributed by atoms with Gasteiger partial charge >= 0.3 is 0 Å². The molecule has 2 aliphatic rings. The van der Waals surface area contributed by atoms with Gasteiger partial charge < -0.3 is 9.64 Å². The van der Waals surface area contributed by atoms with Crippen LogP contribution in [0.2, 0.25) is 0 Å². The predicted molar refractivity (Wildman–Crippen MR) is 274 cm³/mol.